The van der Waals surface area contributed by atoms with Crippen molar-refractivity contribution in [3.05, 3.63) is 35.5 Å². The monoisotopic (exact) mass is 270 g/mol. The molecule has 1 fully saturated rings. The molecule has 0 aliphatic heterocycles. The Hall–Kier alpha value is -2.24. The number of carboxylic acid groups (broad SMARTS) is 1. The van der Waals surface area contributed by atoms with Gasteiger partial charge in [-0.05, 0) is 24.7 Å². The molecule has 2 aliphatic rings. The lowest BCUT2D eigenvalue weighted by molar-refractivity contribution is 0.0688. The molecule has 0 bridgehead atoms. The molecule has 1 saturated carbocycles. The maximum absolute atomic E-state index is 11.4. The summed E-state index contributed by atoms with van der Waals surface area (Å²) in [4.78, 5) is 19.7. The van der Waals surface area contributed by atoms with Crippen LogP contribution in [0.1, 0.15) is 47.4 Å². The van der Waals surface area contributed by atoms with Crippen molar-refractivity contribution in [3.63, 3.8) is 0 Å². The fourth-order valence-corrected chi connectivity index (χ4v) is 3.34. The van der Waals surface area contributed by atoms with Gasteiger partial charge < -0.3 is 5.11 Å². The number of nitrogens with zero attached hydrogens (tertiary/aromatic N) is 4. The third kappa shape index (κ3) is 1.44. The third-order valence-electron chi connectivity index (χ3n) is 4.62. The molecule has 4 rings (SSSR count). The first kappa shape index (κ1) is 11.6. The molecule has 20 heavy (non-hydrogen) atoms. The van der Waals surface area contributed by atoms with Crippen molar-refractivity contribution >= 4 is 5.97 Å². The smallest absolute Gasteiger partial charge is 0.356 e. The second kappa shape index (κ2) is 3.65. The van der Waals surface area contributed by atoms with Crippen molar-refractivity contribution in [2.75, 3.05) is 0 Å². The highest BCUT2D eigenvalue weighted by Gasteiger charge is 2.56. The van der Waals surface area contributed by atoms with Crippen molar-refractivity contribution in [1.82, 2.24) is 19.7 Å². The fraction of sp³-hybridized carbons (Fsp3) is 0.429. The SMILES string of the molecule is CC12CCc3c(C(=O)O)nn(-c4cnccn4)c3C1C2. The highest BCUT2D eigenvalue weighted by molar-refractivity contribution is 5.88. The van der Waals surface area contributed by atoms with E-state index in [4.69, 9.17) is 0 Å². The first-order valence-corrected chi connectivity index (χ1v) is 6.72. The third-order valence-corrected chi connectivity index (χ3v) is 4.62. The molecule has 6 nitrogen and oxygen atoms in total. The molecule has 102 valence electrons. The van der Waals surface area contributed by atoms with Gasteiger partial charge in [0.25, 0.3) is 0 Å². The zero-order chi connectivity index (χ0) is 13.9. The second-order valence-electron chi connectivity index (χ2n) is 5.90. The molecule has 0 amide bonds. The van der Waals surface area contributed by atoms with Crippen LogP contribution in [0.15, 0.2) is 18.6 Å². The quantitative estimate of drug-likeness (QED) is 0.900. The van der Waals surface area contributed by atoms with E-state index in [-0.39, 0.29) is 5.69 Å². The summed E-state index contributed by atoms with van der Waals surface area (Å²) < 4.78 is 1.68. The summed E-state index contributed by atoms with van der Waals surface area (Å²) in [5.41, 5.74) is 2.38. The molecule has 2 heterocycles. The summed E-state index contributed by atoms with van der Waals surface area (Å²) in [6, 6.07) is 0. The molecule has 0 aromatic carbocycles. The van der Waals surface area contributed by atoms with Gasteiger partial charge in [0.15, 0.2) is 11.5 Å². The van der Waals surface area contributed by atoms with E-state index in [1.807, 2.05) is 0 Å². The number of rotatable bonds is 2. The van der Waals surface area contributed by atoms with Crippen LogP contribution < -0.4 is 0 Å². The largest absolute Gasteiger partial charge is 0.476 e. The second-order valence-corrected chi connectivity index (χ2v) is 5.90. The summed E-state index contributed by atoms with van der Waals surface area (Å²) in [7, 11) is 0. The molecule has 2 aromatic heterocycles. The average Bonchev–Trinajstić information content (AvgIpc) is 2.98. The number of aromatic nitrogens is 4. The summed E-state index contributed by atoms with van der Waals surface area (Å²) in [6.07, 6.45) is 7.73. The first-order chi connectivity index (χ1) is 9.60. The predicted octanol–water partition coefficient (Wildman–Crippen LogP) is 1.80. The lowest BCUT2D eigenvalue weighted by Crippen LogP contribution is -2.13. The number of carboxylic acids is 1. The van der Waals surface area contributed by atoms with Crippen LogP contribution in [0.3, 0.4) is 0 Å². The van der Waals surface area contributed by atoms with Crippen molar-refractivity contribution in [1.29, 1.82) is 0 Å². The van der Waals surface area contributed by atoms with Crippen molar-refractivity contribution < 1.29 is 9.90 Å². The average molecular weight is 270 g/mol. The Kier molecular flexibility index (Phi) is 2.11. The van der Waals surface area contributed by atoms with Gasteiger partial charge in [0.1, 0.15) is 0 Å². The zero-order valence-electron chi connectivity index (χ0n) is 11.1. The minimum atomic E-state index is -0.965. The molecule has 6 heteroatoms. The summed E-state index contributed by atoms with van der Waals surface area (Å²) in [6.45, 7) is 2.26. The van der Waals surface area contributed by atoms with Crippen LogP contribution in [0.5, 0.6) is 0 Å². The fourth-order valence-electron chi connectivity index (χ4n) is 3.34. The first-order valence-electron chi connectivity index (χ1n) is 6.72. The minimum Gasteiger partial charge on any atom is -0.476 e. The number of hydrogen-bond acceptors (Lipinski definition) is 4. The van der Waals surface area contributed by atoms with Crippen LogP contribution in [0.2, 0.25) is 0 Å². The van der Waals surface area contributed by atoms with Crippen LogP contribution in [0.4, 0.5) is 0 Å². The highest BCUT2D eigenvalue weighted by Crippen LogP contribution is 2.65. The highest BCUT2D eigenvalue weighted by atomic mass is 16.4. The van der Waals surface area contributed by atoms with Gasteiger partial charge in [0.2, 0.25) is 0 Å². The van der Waals surface area contributed by atoms with Gasteiger partial charge in [-0.3, -0.25) is 4.98 Å². The van der Waals surface area contributed by atoms with Crippen LogP contribution in [-0.4, -0.2) is 30.8 Å². The van der Waals surface area contributed by atoms with Gasteiger partial charge in [-0.1, -0.05) is 6.92 Å². The topological polar surface area (TPSA) is 80.9 Å². The molecule has 0 spiro atoms. The van der Waals surface area contributed by atoms with E-state index < -0.39 is 5.97 Å². The molecular formula is C14H14N4O2. The van der Waals surface area contributed by atoms with Crippen molar-refractivity contribution in [2.45, 2.75) is 32.1 Å². The molecule has 0 radical (unpaired) electrons. The lowest BCUT2D eigenvalue weighted by atomic mass is 9.87. The molecular weight excluding hydrogens is 256 g/mol. The van der Waals surface area contributed by atoms with Gasteiger partial charge in [-0.15, -0.1) is 0 Å². The molecule has 2 aliphatic carbocycles. The normalized spacial score (nSPS) is 26.8. The number of aromatic carboxylic acids is 1. The molecule has 0 saturated heterocycles. The Morgan fingerprint density at radius 1 is 1.50 bits per heavy atom. The van der Waals surface area contributed by atoms with Gasteiger partial charge in [-0.2, -0.15) is 5.10 Å². The Morgan fingerprint density at radius 2 is 2.35 bits per heavy atom. The van der Waals surface area contributed by atoms with Gasteiger partial charge in [-0.25, -0.2) is 14.5 Å². The Labute approximate surface area is 115 Å². The van der Waals surface area contributed by atoms with E-state index in [0.29, 0.717) is 17.2 Å². The lowest BCUT2D eigenvalue weighted by Gasteiger charge is -2.19. The van der Waals surface area contributed by atoms with E-state index in [0.717, 1.165) is 30.5 Å². The van der Waals surface area contributed by atoms with E-state index in [1.165, 1.54) is 0 Å². The maximum atomic E-state index is 11.4. The summed E-state index contributed by atoms with van der Waals surface area (Å²) in [5, 5.41) is 13.6. The molecule has 2 atom stereocenters. The van der Waals surface area contributed by atoms with Crippen LogP contribution in [-0.2, 0) is 6.42 Å². The van der Waals surface area contributed by atoms with Gasteiger partial charge in [0, 0.05) is 23.9 Å². The number of hydrogen-bond donors (Lipinski definition) is 1. The maximum Gasteiger partial charge on any atom is 0.356 e. The standard InChI is InChI=1S/C14H14N4O2/c1-14-3-2-8-11(13(19)20)17-18(12(8)9(14)6-14)10-7-15-4-5-16-10/h4-5,7,9H,2-3,6H2,1H3,(H,19,20). The van der Waals surface area contributed by atoms with Crippen molar-refractivity contribution in [2.24, 2.45) is 5.41 Å². The van der Waals surface area contributed by atoms with Crippen LogP contribution in [0.25, 0.3) is 5.82 Å². The Bertz CT molecular complexity index is 709. The summed E-state index contributed by atoms with van der Waals surface area (Å²) in [5.74, 6) is 0.0226. The minimum absolute atomic E-state index is 0.166. The van der Waals surface area contributed by atoms with Gasteiger partial charge in [0.05, 0.1) is 11.9 Å². The van der Waals surface area contributed by atoms with Gasteiger partial charge >= 0.3 is 5.97 Å². The molecule has 1 N–H and O–H groups in total. The molecule has 2 unspecified atom stereocenters. The van der Waals surface area contributed by atoms with E-state index >= 15 is 0 Å². The zero-order valence-corrected chi connectivity index (χ0v) is 11.1. The predicted molar refractivity (Wildman–Crippen MR) is 69.9 cm³/mol. The Morgan fingerprint density at radius 3 is 3.05 bits per heavy atom. The van der Waals surface area contributed by atoms with Crippen LogP contribution in [0, 0.1) is 5.41 Å². The number of carbonyl (C=O) groups is 1. The van der Waals surface area contributed by atoms with Crippen LogP contribution >= 0.6 is 0 Å². The van der Waals surface area contributed by atoms with Crippen molar-refractivity contribution in [3.8, 4) is 5.82 Å². The summed E-state index contributed by atoms with van der Waals surface area (Å²) >= 11 is 0. The van der Waals surface area contributed by atoms with E-state index in [1.54, 1.807) is 23.3 Å². The molecule has 2 aromatic rings. The number of fused-ring (bicyclic) bond motifs is 3. The van der Waals surface area contributed by atoms with E-state index in [9.17, 15) is 9.90 Å². The van der Waals surface area contributed by atoms with E-state index in [2.05, 4.69) is 22.0 Å². The Balaban J connectivity index is 1.94.